The molecule has 11 heteroatoms. The SMILES string of the molecule is CC[C@H](C(=O)NC)N(Cc1ccc(Cl)c(Cl)c1)C(=O)CN(c1cc(Cl)ccc1C)S(C)(=O)=O. The van der Waals surface area contributed by atoms with Gasteiger partial charge in [-0.05, 0) is 48.7 Å². The molecule has 7 nitrogen and oxygen atoms in total. The summed E-state index contributed by atoms with van der Waals surface area (Å²) in [4.78, 5) is 27.4. The van der Waals surface area contributed by atoms with E-state index in [1.165, 1.54) is 18.0 Å². The Morgan fingerprint density at radius 3 is 2.27 bits per heavy atom. The van der Waals surface area contributed by atoms with Crippen LogP contribution in [0.3, 0.4) is 0 Å². The lowest BCUT2D eigenvalue weighted by atomic mass is 10.1. The number of anilines is 1. The Bertz CT molecular complexity index is 1140. The van der Waals surface area contributed by atoms with Crippen LogP contribution in [0.25, 0.3) is 0 Å². The maximum absolute atomic E-state index is 13.5. The number of amides is 2. The van der Waals surface area contributed by atoms with Crippen molar-refractivity contribution >= 4 is 62.3 Å². The molecular formula is C22H26Cl3N3O4S. The molecule has 0 spiro atoms. The van der Waals surface area contributed by atoms with Crippen LogP contribution in [0.4, 0.5) is 5.69 Å². The summed E-state index contributed by atoms with van der Waals surface area (Å²) in [5.41, 5.74) is 1.57. The summed E-state index contributed by atoms with van der Waals surface area (Å²) in [6, 6.07) is 8.88. The van der Waals surface area contributed by atoms with Crippen LogP contribution in [-0.2, 0) is 26.2 Å². The molecular weight excluding hydrogens is 509 g/mol. The van der Waals surface area contributed by atoms with Gasteiger partial charge in [0.2, 0.25) is 21.8 Å². The molecule has 0 saturated heterocycles. The molecule has 2 amide bonds. The Morgan fingerprint density at radius 1 is 1.06 bits per heavy atom. The fourth-order valence-corrected chi connectivity index (χ4v) is 4.75. The van der Waals surface area contributed by atoms with E-state index in [9.17, 15) is 18.0 Å². The number of sulfonamides is 1. The zero-order valence-electron chi connectivity index (χ0n) is 18.7. The van der Waals surface area contributed by atoms with Crippen LogP contribution in [0.15, 0.2) is 36.4 Å². The van der Waals surface area contributed by atoms with Crippen LogP contribution < -0.4 is 9.62 Å². The van der Waals surface area contributed by atoms with Crippen molar-refractivity contribution in [2.45, 2.75) is 32.9 Å². The van der Waals surface area contributed by atoms with Gasteiger partial charge in [-0.15, -0.1) is 0 Å². The van der Waals surface area contributed by atoms with E-state index in [0.717, 1.165) is 10.6 Å². The van der Waals surface area contributed by atoms with Crippen LogP contribution >= 0.6 is 34.8 Å². The number of carbonyl (C=O) groups excluding carboxylic acids is 2. The van der Waals surface area contributed by atoms with Gasteiger partial charge in [0.1, 0.15) is 12.6 Å². The fourth-order valence-electron chi connectivity index (χ4n) is 3.37. The van der Waals surface area contributed by atoms with Crippen LogP contribution in [0.2, 0.25) is 15.1 Å². The standard InChI is InChI=1S/C22H26Cl3N3O4S/c1-5-19(22(30)26-3)27(12-15-7-9-17(24)18(25)10-15)21(29)13-28(33(4,31)32)20-11-16(23)8-6-14(20)2/h6-11,19H,5,12-13H2,1-4H3,(H,26,30)/t19-/m1/s1. The molecule has 33 heavy (non-hydrogen) atoms. The van der Waals surface area contributed by atoms with Gasteiger partial charge in [0.05, 0.1) is 22.0 Å². The highest BCUT2D eigenvalue weighted by molar-refractivity contribution is 7.92. The normalized spacial score (nSPS) is 12.2. The molecule has 0 unspecified atom stereocenters. The number of rotatable bonds is 9. The zero-order chi connectivity index (χ0) is 24.9. The summed E-state index contributed by atoms with van der Waals surface area (Å²) in [6.07, 6.45) is 1.34. The number of nitrogens with zero attached hydrogens (tertiary/aromatic N) is 2. The van der Waals surface area contributed by atoms with E-state index >= 15 is 0 Å². The molecule has 2 aromatic carbocycles. The fraction of sp³-hybridized carbons (Fsp3) is 0.364. The number of likely N-dealkylation sites (N-methyl/N-ethyl adjacent to an activating group) is 1. The van der Waals surface area contributed by atoms with Gasteiger partial charge in [-0.2, -0.15) is 0 Å². The molecule has 0 fully saturated rings. The first-order valence-corrected chi connectivity index (χ1v) is 13.1. The third kappa shape index (κ3) is 6.99. The Morgan fingerprint density at radius 2 is 1.73 bits per heavy atom. The number of carbonyl (C=O) groups is 2. The quantitative estimate of drug-likeness (QED) is 0.520. The van der Waals surface area contributed by atoms with Gasteiger partial charge in [-0.1, -0.05) is 53.9 Å². The molecule has 0 heterocycles. The lowest BCUT2D eigenvalue weighted by Crippen LogP contribution is -2.51. The highest BCUT2D eigenvalue weighted by atomic mass is 35.5. The Labute approximate surface area is 209 Å². The summed E-state index contributed by atoms with van der Waals surface area (Å²) in [7, 11) is -2.36. The van der Waals surface area contributed by atoms with Crippen molar-refractivity contribution in [3.8, 4) is 0 Å². The first-order valence-electron chi connectivity index (χ1n) is 10.1. The monoisotopic (exact) mass is 533 g/mol. The predicted molar refractivity (Wildman–Crippen MR) is 134 cm³/mol. The molecule has 0 aromatic heterocycles. The molecule has 0 aliphatic carbocycles. The topological polar surface area (TPSA) is 86.8 Å². The molecule has 2 aromatic rings. The van der Waals surface area contributed by atoms with E-state index in [2.05, 4.69) is 5.32 Å². The van der Waals surface area contributed by atoms with Crippen LogP contribution in [0.5, 0.6) is 0 Å². The van der Waals surface area contributed by atoms with Crippen molar-refractivity contribution in [1.82, 2.24) is 10.2 Å². The minimum absolute atomic E-state index is 0.0355. The minimum Gasteiger partial charge on any atom is -0.357 e. The van der Waals surface area contributed by atoms with Crippen LogP contribution in [0, 0.1) is 6.92 Å². The lowest BCUT2D eigenvalue weighted by molar-refractivity contribution is -0.140. The van der Waals surface area contributed by atoms with Gasteiger partial charge in [-0.3, -0.25) is 13.9 Å². The number of hydrogen-bond donors (Lipinski definition) is 1. The van der Waals surface area contributed by atoms with E-state index in [1.54, 1.807) is 44.2 Å². The molecule has 1 atom stereocenters. The van der Waals surface area contributed by atoms with E-state index in [-0.39, 0.29) is 12.5 Å². The van der Waals surface area contributed by atoms with E-state index in [1.807, 2.05) is 0 Å². The van der Waals surface area contributed by atoms with Gasteiger partial charge in [0.25, 0.3) is 0 Å². The molecule has 0 radical (unpaired) electrons. The van der Waals surface area contributed by atoms with E-state index in [4.69, 9.17) is 34.8 Å². The average molecular weight is 535 g/mol. The second-order valence-corrected chi connectivity index (χ2v) is 10.7. The third-order valence-electron chi connectivity index (χ3n) is 5.09. The van der Waals surface area contributed by atoms with Gasteiger partial charge in [0.15, 0.2) is 0 Å². The number of benzene rings is 2. The van der Waals surface area contributed by atoms with Crippen molar-refractivity contribution in [3.63, 3.8) is 0 Å². The Kier molecular flexibility index (Phi) is 9.43. The second-order valence-electron chi connectivity index (χ2n) is 7.51. The van der Waals surface area contributed by atoms with Crippen molar-refractivity contribution in [1.29, 1.82) is 0 Å². The van der Waals surface area contributed by atoms with Gasteiger partial charge < -0.3 is 10.2 Å². The molecule has 2 rings (SSSR count). The maximum atomic E-state index is 13.5. The molecule has 0 aliphatic rings. The summed E-state index contributed by atoms with van der Waals surface area (Å²) in [5, 5.41) is 3.56. The molecule has 0 bridgehead atoms. The Balaban J connectivity index is 2.49. The highest BCUT2D eigenvalue weighted by Gasteiger charge is 2.31. The largest absolute Gasteiger partial charge is 0.357 e. The average Bonchev–Trinajstić information content (AvgIpc) is 2.75. The van der Waals surface area contributed by atoms with Crippen molar-refractivity contribution < 1.29 is 18.0 Å². The zero-order valence-corrected chi connectivity index (χ0v) is 21.8. The summed E-state index contributed by atoms with van der Waals surface area (Å²) in [5.74, 6) is -0.919. The van der Waals surface area contributed by atoms with Gasteiger partial charge in [0, 0.05) is 18.6 Å². The highest BCUT2D eigenvalue weighted by Crippen LogP contribution is 2.27. The second kappa shape index (κ2) is 11.4. The number of nitrogens with one attached hydrogen (secondary N) is 1. The van der Waals surface area contributed by atoms with Gasteiger partial charge >= 0.3 is 0 Å². The predicted octanol–water partition coefficient (Wildman–Crippen LogP) is 4.27. The smallest absolute Gasteiger partial charge is 0.244 e. The molecule has 1 N–H and O–H groups in total. The van der Waals surface area contributed by atoms with Crippen LogP contribution in [0.1, 0.15) is 24.5 Å². The number of hydrogen-bond acceptors (Lipinski definition) is 4. The summed E-state index contributed by atoms with van der Waals surface area (Å²) in [6.45, 7) is 3.02. The Hall–Kier alpha value is -2.00. The van der Waals surface area contributed by atoms with Crippen molar-refractivity contribution in [2.24, 2.45) is 0 Å². The third-order valence-corrected chi connectivity index (χ3v) is 7.19. The first kappa shape index (κ1) is 27.2. The van der Waals surface area contributed by atoms with Crippen molar-refractivity contribution in [2.75, 3.05) is 24.2 Å². The summed E-state index contributed by atoms with van der Waals surface area (Å²) < 4.78 is 26.2. The minimum atomic E-state index is -3.84. The van der Waals surface area contributed by atoms with Crippen LogP contribution in [-0.4, -0.2) is 51.0 Å². The lowest BCUT2D eigenvalue weighted by Gasteiger charge is -2.33. The number of halogens is 3. The van der Waals surface area contributed by atoms with E-state index in [0.29, 0.717) is 38.3 Å². The van der Waals surface area contributed by atoms with E-state index < -0.39 is 28.5 Å². The first-order chi connectivity index (χ1) is 15.4. The number of aryl methyl sites for hydroxylation is 1. The maximum Gasteiger partial charge on any atom is 0.244 e. The summed E-state index contributed by atoms with van der Waals surface area (Å²) >= 11 is 18.2. The van der Waals surface area contributed by atoms with Crippen molar-refractivity contribution in [3.05, 3.63) is 62.6 Å². The molecule has 180 valence electrons. The van der Waals surface area contributed by atoms with Gasteiger partial charge in [-0.25, -0.2) is 8.42 Å². The molecule has 0 aliphatic heterocycles. The molecule has 0 saturated carbocycles.